The Hall–Kier alpha value is -3.09. The number of carbonyl (C=O) groups is 3. The molecule has 1 atom stereocenters. The molecule has 0 fully saturated rings. The predicted molar refractivity (Wildman–Crippen MR) is 81.9 cm³/mol. The first-order valence-electron chi connectivity index (χ1n) is 6.84. The molecule has 0 radical (unpaired) electrons. The fourth-order valence-corrected chi connectivity index (χ4v) is 1.76. The molecule has 1 aromatic heterocycles. The van der Waals surface area contributed by atoms with Gasteiger partial charge in [0.05, 0.1) is 11.8 Å². The fraction of sp³-hybridized carbons (Fsp3) is 0.188. The molecule has 0 aliphatic carbocycles. The Bertz CT molecular complexity index is 737. The van der Waals surface area contributed by atoms with Crippen LogP contribution in [0.4, 0.5) is 5.69 Å². The summed E-state index contributed by atoms with van der Waals surface area (Å²) < 4.78 is 9.93. The van der Waals surface area contributed by atoms with Gasteiger partial charge in [0.15, 0.2) is 11.9 Å². The van der Waals surface area contributed by atoms with Gasteiger partial charge in [-0.3, -0.25) is 9.59 Å². The molecule has 2 amide bonds. The van der Waals surface area contributed by atoms with Crippen molar-refractivity contribution in [1.82, 2.24) is 0 Å². The zero-order chi connectivity index (χ0) is 17.0. The molecule has 7 heteroatoms. The van der Waals surface area contributed by atoms with Crippen molar-refractivity contribution in [3.63, 3.8) is 0 Å². The van der Waals surface area contributed by atoms with Crippen LogP contribution in [0.5, 0.6) is 0 Å². The van der Waals surface area contributed by atoms with Crippen molar-refractivity contribution in [1.29, 1.82) is 0 Å². The van der Waals surface area contributed by atoms with Gasteiger partial charge in [-0.15, -0.1) is 0 Å². The van der Waals surface area contributed by atoms with Crippen molar-refractivity contribution >= 4 is 23.5 Å². The van der Waals surface area contributed by atoms with Gasteiger partial charge in [-0.25, -0.2) is 4.79 Å². The van der Waals surface area contributed by atoms with E-state index in [1.807, 2.05) is 0 Å². The third-order valence-electron chi connectivity index (χ3n) is 3.15. The van der Waals surface area contributed by atoms with Gasteiger partial charge in [0.25, 0.3) is 11.8 Å². The molecule has 7 nitrogen and oxygen atoms in total. The number of esters is 1. The van der Waals surface area contributed by atoms with Crippen LogP contribution in [0.3, 0.4) is 0 Å². The van der Waals surface area contributed by atoms with Crippen LogP contribution >= 0.6 is 0 Å². The van der Waals surface area contributed by atoms with Gasteiger partial charge in [-0.1, -0.05) is 6.07 Å². The molecular formula is C16H16N2O5. The summed E-state index contributed by atoms with van der Waals surface area (Å²) in [6, 6.07) is 7.78. The lowest BCUT2D eigenvalue weighted by Crippen LogP contribution is -2.30. The largest absolute Gasteiger partial charge is 0.459 e. The summed E-state index contributed by atoms with van der Waals surface area (Å²) in [6.07, 6.45) is 0.353. The molecule has 0 spiro atoms. The van der Waals surface area contributed by atoms with E-state index >= 15 is 0 Å². The molecule has 2 rings (SSSR count). The quantitative estimate of drug-likeness (QED) is 0.818. The topological polar surface area (TPSA) is 112 Å². The van der Waals surface area contributed by atoms with Crippen LogP contribution in [0, 0.1) is 6.92 Å². The molecule has 0 saturated heterocycles. The fourth-order valence-electron chi connectivity index (χ4n) is 1.76. The van der Waals surface area contributed by atoms with Crippen molar-refractivity contribution < 1.29 is 23.5 Å². The summed E-state index contributed by atoms with van der Waals surface area (Å²) in [6.45, 7) is 3.16. The third kappa shape index (κ3) is 3.97. The van der Waals surface area contributed by atoms with E-state index < -0.39 is 23.9 Å². The Kier molecular flexibility index (Phi) is 4.80. The van der Waals surface area contributed by atoms with Crippen molar-refractivity contribution in [2.24, 2.45) is 5.73 Å². The maximum absolute atomic E-state index is 12.0. The van der Waals surface area contributed by atoms with Crippen LogP contribution in [0.2, 0.25) is 0 Å². The smallest absolute Gasteiger partial charge is 0.338 e. The standard InChI is InChI=1S/C16H16N2O5/c1-9-5-6-11(16(21)23-10(2)14(17)19)8-12(9)18-15(20)13-4-3-7-22-13/h3-8,10H,1-2H3,(H2,17,19)(H,18,20)/t10-/m0/s1. The van der Waals surface area contributed by atoms with Gasteiger partial charge < -0.3 is 20.2 Å². The Labute approximate surface area is 132 Å². The second-order valence-electron chi connectivity index (χ2n) is 4.91. The first kappa shape index (κ1) is 16.3. The lowest BCUT2D eigenvalue weighted by Gasteiger charge is -2.12. The molecule has 0 aliphatic heterocycles. The highest BCUT2D eigenvalue weighted by molar-refractivity contribution is 6.03. The normalized spacial score (nSPS) is 11.6. The van der Waals surface area contributed by atoms with E-state index in [1.165, 1.54) is 31.4 Å². The molecule has 0 aliphatic rings. The lowest BCUT2D eigenvalue weighted by molar-refractivity contribution is -0.125. The highest BCUT2D eigenvalue weighted by atomic mass is 16.5. The monoisotopic (exact) mass is 316 g/mol. The average molecular weight is 316 g/mol. The molecule has 0 bridgehead atoms. The van der Waals surface area contributed by atoms with Gasteiger partial charge in [-0.2, -0.15) is 0 Å². The van der Waals surface area contributed by atoms with Crippen LogP contribution in [-0.4, -0.2) is 23.9 Å². The predicted octanol–water partition coefficient (Wildman–Crippen LogP) is 1.87. The van der Waals surface area contributed by atoms with Crippen LogP contribution in [-0.2, 0) is 9.53 Å². The third-order valence-corrected chi connectivity index (χ3v) is 3.15. The van der Waals surface area contributed by atoms with Crippen molar-refractivity contribution in [3.05, 3.63) is 53.5 Å². The number of anilines is 1. The molecule has 0 unspecified atom stereocenters. The van der Waals surface area contributed by atoms with Crippen LogP contribution in [0.1, 0.15) is 33.4 Å². The van der Waals surface area contributed by atoms with Crippen molar-refractivity contribution in [2.45, 2.75) is 20.0 Å². The van der Waals surface area contributed by atoms with Gasteiger partial charge in [0.1, 0.15) is 0 Å². The maximum Gasteiger partial charge on any atom is 0.338 e. The zero-order valence-electron chi connectivity index (χ0n) is 12.7. The highest BCUT2D eigenvalue weighted by Gasteiger charge is 2.18. The van der Waals surface area contributed by atoms with E-state index in [0.29, 0.717) is 5.69 Å². The molecule has 120 valence electrons. The summed E-state index contributed by atoms with van der Waals surface area (Å²) in [5, 5.41) is 2.65. The van der Waals surface area contributed by atoms with E-state index in [1.54, 1.807) is 19.1 Å². The molecule has 2 aromatic rings. The first-order chi connectivity index (χ1) is 10.9. The lowest BCUT2D eigenvalue weighted by atomic mass is 10.1. The molecule has 1 aromatic carbocycles. The number of carbonyl (C=O) groups excluding carboxylic acids is 3. The van der Waals surface area contributed by atoms with Gasteiger partial charge in [0, 0.05) is 5.69 Å². The van der Waals surface area contributed by atoms with Crippen molar-refractivity contribution in [2.75, 3.05) is 5.32 Å². The van der Waals surface area contributed by atoms with Crippen LogP contribution < -0.4 is 11.1 Å². The number of nitrogens with one attached hydrogen (secondary N) is 1. The summed E-state index contributed by atoms with van der Waals surface area (Å²) in [5.74, 6) is -1.73. The number of amides is 2. The summed E-state index contributed by atoms with van der Waals surface area (Å²) in [7, 11) is 0. The second kappa shape index (κ2) is 6.78. The number of primary amides is 1. The van der Waals surface area contributed by atoms with Crippen LogP contribution in [0.15, 0.2) is 41.0 Å². The summed E-state index contributed by atoms with van der Waals surface area (Å²) in [4.78, 5) is 34.9. The molecular weight excluding hydrogens is 300 g/mol. The van der Waals surface area contributed by atoms with E-state index in [0.717, 1.165) is 5.56 Å². The van der Waals surface area contributed by atoms with Crippen molar-refractivity contribution in [3.8, 4) is 0 Å². The zero-order valence-corrected chi connectivity index (χ0v) is 12.7. The average Bonchev–Trinajstić information content (AvgIpc) is 3.03. The van der Waals surface area contributed by atoms with Gasteiger partial charge >= 0.3 is 5.97 Å². The summed E-state index contributed by atoms with van der Waals surface area (Å²) in [5.41, 5.74) is 6.44. The molecule has 1 heterocycles. The minimum absolute atomic E-state index is 0.153. The number of hydrogen-bond donors (Lipinski definition) is 2. The van der Waals surface area contributed by atoms with Gasteiger partial charge in [-0.05, 0) is 43.7 Å². The number of furan rings is 1. The summed E-state index contributed by atoms with van der Waals surface area (Å²) >= 11 is 0. The maximum atomic E-state index is 12.0. The molecule has 0 saturated carbocycles. The number of aryl methyl sites for hydroxylation is 1. The minimum atomic E-state index is -1.04. The van der Waals surface area contributed by atoms with Crippen LogP contribution in [0.25, 0.3) is 0 Å². The van der Waals surface area contributed by atoms with Gasteiger partial charge in [0.2, 0.25) is 0 Å². The first-order valence-corrected chi connectivity index (χ1v) is 6.84. The highest BCUT2D eigenvalue weighted by Crippen LogP contribution is 2.19. The molecule has 3 N–H and O–H groups in total. The number of hydrogen-bond acceptors (Lipinski definition) is 5. The number of rotatable bonds is 5. The Morgan fingerprint density at radius 3 is 2.61 bits per heavy atom. The molecule has 23 heavy (non-hydrogen) atoms. The number of nitrogens with two attached hydrogens (primary N) is 1. The number of benzene rings is 1. The Morgan fingerprint density at radius 2 is 2.00 bits per heavy atom. The van der Waals surface area contributed by atoms with E-state index in [9.17, 15) is 14.4 Å². The van der Waals surface area contributed by atoms with E-state index in [-0.39, 0.29) is 11.3 Å². The Balaban J connectivity index is 2.17. The van der Waals surface area contributed by atoms with E-state index in [2.05, 4.69) is 5.32 Å². The van der Waals surface area contributed by atoms with E-state index in [4.69, 9.17) is 14.9 Å². The second-order valence-corrected chi connectivity index (χ2v) is 4.91. The minimum Gasteiger partial charge on any atom is -0.459 e. The SMILES string of the molecule is Cc1ccc(C(=O)O[C@@H](C)C(N)=O)cc1NC(=O)c1ccco1. The Morgan fingerprint density at radius 1 is 1.26 bits per heavy atom. The number of ether oxygens (including phenoxy) is 1.